The van der Waals surface area contributed by atoms with Crippen LogP contribution in [0, 0.1) is 6.92 Å². The Balaban J connectivity index is 1.49. The Kier molecular flexibility index (Phi) is 4.81. The Bertz CT molecular complexity index is 939. The van der Waals surface area contributed by atoms with E-state index in [0.717, 1.165) is 24.1 Å². The summed E-state index contributed by atoms with van der Waals surface area (Å²) in [4.78, 5) is 44.2. The van der Waals surface area contributed by atoms with Crippen LogP contribution in [0.15, 0.2) is 36.5 Å². The lowest BCUT2D eigenvalue weighted by atomic mass is 10.1. The van der Waals surface area contributed by atoms with Crippen LogP contribution in [-0.4, -0.2) is 35.8 Å². The zero-order valence-corrected chi connectivity index (χ0v) is 15.8. The molecule has 144 valence electrons. The van der Waals surface area contributed by atoms with Gasteiger partial charge in [-0.3, -0.25) is 19.3 Å². The van der Waals surface area contributed by atoms with Gasteiger partial charge in [-0.2, -0.15) is 0 Å². The molecular weight excluding hydrogens is 356 g/mol. The second-order valence-corrected chi connectivity index (χ2v) is 7.16. The SMILES string of the molecule is Cc1ccc(C(=O)Nc2ccc(N3CCCC3=O)nc2)cc1N1CCCC1=O. The Morgan fingerprint density at radius 1 is 1.00 bits per heavy atom. The highest BCUT2D eigenvalue weighted by Gasteiger charge is 2.24. The Morgan fingerprint density at radius 2 is 1.71 bits per heavy atom. The number of hydrogen-bond donors (Lipinski definition) is 1. The smallest absolute Gasteiger partial charge is 0.255 e. The quantitative estimate of drug-likeness (QED) is 0.887. The van der Waals surface area contributed by atoms with Gasteiger partial charge in [-0.25, -0.2) is 4.98 Å². The predicted octanol–water partition coefficient (Wildman–Crippen LogP) is 2.90. The molecule has 3 amide bonds. The highest BCUT2D eigenvalue weighted by molar-refractivity contribution is 6.06. The highest BCUT2D eigenvalue weighted by atomic mass is 16.2. The van der Waals surface area contributed by atoms with Crippen molar-refractivity contribution in [1.82, 2.24) is 4.98 Å². The van der Waals surface area contributed by atoms with Crippen molar-refractivity contribution in [2.45, 2.75) is 32.6 Å². The maximum Gasteiger partial charge on any atom is 0.255 e. The van der Waals surface area contributed by atoms with Crippen LogP contribution in [0.2, 0.25) is 0 Å². The number of amides is 3. The van der Waals surface area contributed by atoms with Gasteiger partial charge in [0.25, 0.3) is 5.91 Å². The van der Waals surface area contributed by atoms with Crippen molar-refractivity contribution < 1.29 is 14.4 Å². The molecule has 28 heavy (non-hydrogen) atoms. The van der Waals surface area contributed by atoms with Crippen LogP contribution in [0.5, 0.6) is 0 Å². The number of nitrogens with zero attached hydrogens (tertiary/aromatic N) is 3. The van der Waals surface area contributed by atoms with E-state index in [-0.39, 0.29) is 17.7 Å². The van der Waals surface area contributed by atoms with Crippen molar-refractivity contribution in [3.05, 3.63) is 47.7 Å². The van der Waals surface area contributed by atoms with Crippen LogP contribution in [0.1, 0.15) is 41.6 Å². The lowest BCUT2D eigenvalue weighted by molar-refractivity contribution is -0.117. The first kappa shape index (κ1) is 18.2. The molecule has 0 unspecified atom stereocenters. The number of pyridine rings is 1. The second kappa shape index (κ2) is 7.42. The van der Waals surface area contributed by atoms with Crippen LogP contribution >= 0.6 is 0 Å². The van der Waals surface area contributed by atoms with Crippen molar-refractivity contribution in [2.75, 3.05) is 28.2 Å². The molecule has 7 nitrogen and oxygen atoms in total. The van der Waals surface area contributed by atoms with E-state index in [1.165, 1.54) is 0 Å². The number of benzene rings is 1. The van der Waals surface area contributed by atoms with Gasteiger partial charge in [-0.15, -0.1) is 0 Å². The summed E-state index contributed by atoms with van der Waals surface area (Å²) in [7, 11) is 0. The number of hydrogen-bond acceptors (Lipinski definition) is 4. The molecule has 0 spiro atoms. The molecule has 1 aromatic carbocycles. The molecule has 2 fully saturated rings. The standard InChI is InChI=1S/C21H22N4O3/c1-14-6-7-15(12-17(14)24-10-2-4-19(24)26)21(28)23-16-8-9-18(22-13-16)25-11-3-5-20(25)27/h6-9,12-13H,2-5,10-11H2,1H3,(H,23,28). The number of aromatic nitrogens is 1. The zero-order valence-electron chi connectivity index (χ0n) is 15.8. The van der Waals surface area contributed by atoms with Crippen molar-refractivity contribution in [1.29, 1.82) is 0 Å². The summed E-state index contributed by atoms with van der Waals surface area (Å²) >= 11 is 0. The average Bonchev–Trinajstić information content (AvgIpc) is 3.31. The number of carbonyl (C=O) groups excluding carboxylic acids is 3. The third-order valence-electron chi connectivity index (χ3n) is 5.19. The summed E-state index contributed by atoms with van der Waals surface area (Å²) in [5, 5.41) is 2.83. The first-order valence-electron chi connectivity index (χ1n) is 9.52. The average molecular weight is 378 g/mol. The van der Waals surface area contributed by atoms with E-state index in [1.807, 2.05) is 13.0 Å². The fourth-order valence-electron chi connectivity index (χ4n) is 3.66. The minimum absolute atomic E-state index is 0.0768. The molecule has 0 aliphatic carbocycles. The summed E-state index contributed by atoms with van der Waals surface area (Å²) in [5.41, 5.74) is 2.79. The summed E-state index contributed by atoms with van der Waals surface area (Å²) < 4.78 is 0. The highest BCUT2D eigenvalue weighted by Crippen LogP contribution is 2.27. The van der Waals surface area contributed by atoms with Crippen molar-refractivity contribution in [3.63, 3.8) is 0 Å². The van der Waals surface area contributed by atoms with Gasteiger partial charge in [0, 0.05) is 37.2 Å². The molecule has 0 atom stereocenters. The Labute approximate surface area is 163 Å². The number of aryl methyl sites for hydroxylation is 1. The van der Waals surface area contributed by atoms with Gasteiger partial charge in [0.05, 0.1) is 11.9 Å². The molecule has 2 aromatic rings. The van der Waals surface area contributed by atoms with E-state index in [9.17, 15) is 14.4 Å². The van der Waals surface area contributed by atoms with Gasteiger partial charge in [-0.1, -0.05) is 6.07 Å². The number of rotatable bonds is 4. The molecule has 4 rings (SSSR count). The maximum atomic E-state index is 12.7. The molecule has 2 saturated heterocycles. The molecule has 2 aliphatic heterocycles. The molecule has 0 radical (unpaired) electrons. The monoisotopic (exact) mass is 378 g/mol. The van der Waals surface area contributed by atoms with Crippen molar-refractivity contribution in [3.8, 4) is 0 Å². The summed E-state index contributed by atoms with van der Waals surface area (Å²) in [6.45, 7) is 3.30. The summed E-state index contributed by atoms with van der Waals surface area (Å²) in [5.74, 6) is 0.509. The second-order valence-electron chi connectivity index (χ2n) is 7.16. The zero-order chi connectivity index (χ0) is 19.7. The van der Waals surface area contributed by atoms with Gasteiger partial charge in [0.1, 0.15) is 5.82 Å². The molecule has 0 bridgehead atoms. The summed E-state index contributed by atoms with van der Waals surface area (Å²) in [6.07, 6.45) is 4.33. The molecule has 7 heteroatoms. The van der Waals surface area contributed by atoms with Crippen molar-refractivity contribution >= 4 is 34.9 Å². The minimum atomic E-state index is -0.264. The lowest BCUT2D eigenvalue weighted by Gasteiger charge is -2.19. The molecule has 3 heterocycles. The van der Waals surface area contributed by atoms with Crippen LogP contribution in [0.25, 0.3) is 0 Å². The number of nitrogens with one attached hydrogen (secondary N) is 1. The first-order chi connectivity index (χ1) is 13.5. The molecule has 2 aliphatic rings. The van der Waals surface area contributed by atoms with Gasteiger partial charge in [-0.05, 0) is 49.6 Å². The molecule has 1 N–H and O–H groups in total. The van der Waals surface area contributed by atoms with Crippen LogP contribution in [0.4, 0.5) is 17.2 Å². The number of anilines is 3. The first-order valence-corrected chi connectivity index (χ1v) is 9.52. The van der Waals surface area contributed by atoms with E-state index in [0.29, 0.717) is 43.0 Å². The van der Waals surface area contributed by atoms with E-state index in [1.54, 1.807) is 40.3 Å². The lowest BCUT2D eigenvalue weighted by Crippen LogP contribution is -2.25. The fraction of sp³-hybridized carbons (Fsp3) is 0.333. The topological polar surface area (TPSA) is 82.6 Å². The van der Waals surface area contributed by atoms with E-state index in [2.05, 4.69) is 10.3 Å². The largest absolute Gasteiger partial charge is 0.321 e. The predicted molar refractivity (Wildman–Crippen MR) is 107 cm³/mol. The Hall–Kier alpha value is -3.22. The van der Waals surface area contributed by atoms with Crippen LogP contribution in [-0.2, 0) is 9.59 Å². The molecule has 0 saturated carbocycles. The maximum absolute atomic E-state index is 12.7. The Morgan fingerprint density at radius 3 is 2.32 bits per heavy atom. The third kappa shape index (κ3) is 3.47. The normalized spacial score (nSPS) is 16.8. The van der Waals surface area contributed by atoms with Gasteiger partial charge in [0.15, 0.2) is 0 Å². The van der Waals surface area contributed by atoms with Gasteiger partial charge in [0.2, 0.25) is 11.8 Å². The third-order valence-corrected chi connectivity index (χ3v) is 5.19. The fourth-order valence-corrected chi connectivity index (χ4v) is 3.66. The van der Waals surface area contributed by atoms with E-state index >= 15 is 0 Å². The number of carbonyl (C=O) groups is 3. The van der Waals surface area contributed by atoms with E-state index < -0.39 is 0 Å². The van der Waals surface area contributed by atoms with E-state index in [4.69, 9.17) is 0 Å². The summed E-state index contributed by atoms with van der Waals surface area (Å²) in [6, 6.07) is 8.85. The minimum Gasteiger partial charge on any atom is -0.321 e. The van der Waals surface area contributed by atoms with Crippen LogP contribution in [0.3, 0.4) is 0 Å². The van der Waals surface area contributed by atoms with Gasteiger partial charge >= 0.3 is 0 Å². The van der Waals surface area contributed by atoms with Crippen molar-refractivity contribution in [2.24, 2.45) is 0 Å². The molecule has 1 aromatic heterocycles. The molecular formula is C21H22N4O3. The van der Waals surface area contributed by atoms with Crippen LogP contribution < -0.4 is 15.1 Å². The van der Waals surface area contributed by atoms with Gasteiger partial charge < -0.3 is 10.2 Å².